The molecule has 3 aromatic rings. The number of rotatable bonds is 11. The Morgan fingerprint density at radius 2 is 1.97 bits per heavy atom. The van der Waals surface area contributed by atoms with Crippen LogP contribution in [0.25, 0.3) is 10.9 Å². The van der Waals surface area contributed by atoms with Crippen LogP contribution in [0.15, 0.2) is 29.1 Å². The van der Waals surface area contributed by atoms with Crippen LogP contribution in [0.1, 0.15) is 64.9 Å². The third kappa shape index (κ3) is 6.74. The average Bonchev–Trinajstić information content (AvgIpc) is 3.36. The van der Waals surface area contributed by atoms with Crippen molar-refractivity contribution in [2.45, 2.75) is 65.6 Å². The first-order valence-corrected chi connectivity index (χ1v) is 13.4. The van der Waals surface area contributed by atoms with E-state index >= 15 is 0 Å². The number of ether oxygens (including phenoxy) is 2. The molecule has 3 heterocycles. The molecular weight excluding hydrogens is 470 g/mol. The zero-order chi connectivity index (χ0) is 26.4. The number of morpholine rings is 1. The molecule has 1 fully saturated rings. The predicted octanol–water partition coefficient (Wildman–Crippen LogP) is 3.34. The van der Waals surface area contributed by atoms with Crippen LogP contribution in [-0.4, -0.2) is 81.0 Å². The molecule has 0 unspecified atom stereocenters. The Balaban J connectivity index is 1.63. The molecule has 1 aliphatic rings. The summed E-state index contributed by atoms with van der Waals surface area (Å²) in [5, 5.41) is 13.7. The van der Waals surface area contributed by atoms with E-state index in [9.17, 15) is 4.79 Å². The van der Waals surface area contributed by atoms with Crippen molar-refractivity contribution < 1.29 is 9.47 Å². The van der Waals surface area contributed by atoms with E-state index in [4.69, 9.17) is 9.47 Å². The highest BCUT2D eigenvalue weighted by Gasteiger charge is 2.29. The van der Waals surface area contributed by atoms with Crippen molar-refractivity contribution >= 4 is 10.9 Å². The summed E-state index contributed by atoms with van der Waals surface area (Å²) in [5.74, 6) is 1.63. The minimum absolute atomic E-state index is 0.0243. The van der Waals surface area contributed by atoms with Gasteiger partial charge in [0.2, 0.25) is 0 Å². The molecule has 0 spiro atoms. The van der Waals surface area contributed by atoms with E-state index in [2.05, 4.69) is 58.0 Å². The highest BCUT2D eigenvalue weighted by atomic mass is 16.5. The fourth-order valence-corrected chi connectivity index (χ4v) is 4.97. The molecule has 202 valence electrons. The minimum atomic E-state index is -0.248. The second kappa shape index (κ2) is 12.1. The molecule has 1 atom stereocenters. The SMILES string of the molecule is CCOc1ccc2[nH]c(=O)c(CN(CCCN3CCOCC3)[C@@H](CC)c3nnnn3C(C)(C)C)cc2c1. The highest BCUT2D eigenvalue weighted by molar-refractivity contribution is 5.80. The van der Waals surface area contributed by atoms with E-state index in [0.29, 0.717) is 13.2 Å². The Morgan fingerprint density at radius 1 is 1.19 bits per heavy atom. The fraction of sp³-hybridized carbons (Fsp3) is 0.630. The second-order valence-corrected chi connectivity index (χ2v) is 10.6. The molecule has 4 rings (SSSR count). The van der Waals surface area contributed by atoms with Crippen LogP contribution in [0.5, 0.6) is 5.75 Å². The van der Waals surface area contributed by atoms with Crippen LogP contribution in [0.4, 0.5) is 0 Å². The number of tetrazole rings is 1. The molecule has 1 saturated heterocycles. The van der Waals surface area contributed by atoms with Crippen LogP contribution in [0.3, 0.4) is 0 Å². The van der Waals surface area contributed by atoms with Crippen LogP contribution in [-0.2, 0) is 16.8 Å². The van der Waals surface area contributed by atoms with Gasteiger partial charge in [-0.05, 0) is 81.8 Å². The number of benzene rings is 1. The van der Waals surface area contributed by atoms with E-state index in [1.54, 1.807) is 0 Å². The van der Waals surface area contributed by atoms with Gasteiger partial charge in [-0.1, -0.05) is 6.92 Å². The third-order valence-corrected chi connectivity index (χ3v) is 6.85. The van der Waals surface area contributed by atoms with Crippen LogP contribution in [0.2, 0.25) is 0 Å². The Morgan fingerprint density at radius 3 is 2.68 bits per heavy atom. The van der Waals surface area contributed by atoms with Crippen molar-refractivity contribution in [3.63, 3.8) is 0 Å². The van der Waals surface area contributed by atoms with E-state index < -0.39 is 0 Å². The molecule has 0 amide bonds. The zero-order valence-electron chi connectivity index (χ0n) is 22.9. The molecule has 0 radical (unpaired) electrons. The van der Waals surface area contributed by atoms with Crippen molar-refractivity contribution in [3.8, 4) is 5.75 Å². The molecule has 1 aliphatic heterocycles. The normalized spacial score (nSPS) is 15.9. The maximum Gasteiger partial charge on any atom is 0.252 e. The monoisotopic (exact) mass is 511 g/mol. The molecule has 0 saturated carbocycles. The van der Waals surface area contributed by atoms with Gasteiger partial charge < -0.3 is 14.5 Å². The number of nitrogens with one attached hydrogen (secondary N) is 1. The van der Waals surface area contributed by atoms with Crippen LogP contribution < -0.4 is 10.3 Å². The molecule has 10 heteroatoms. The third-order valence-electron chi connectivity index (χ3n) is 6.85. The zero-order valence-corrected chi connectivity index (χ0v) is 22.9. The highest BCUT2D eigenvalue weighted by Crippen LogP contribution is 2.28. The number of pyridine rings is 1. The Labute approximate surface area is 218 Å². The van der Waals surface area contributed by atoms with Crippen molar-refractivity contribution in [2.75, 3.05) is 46.0 Å². The number of fused-ring (bicyclic) bond motifs is 1. The van der Waals surface area contributed by atoms with E-state index in [1.165, 1.54) is 0 Å². The molecule has 2 aromatic heterocycles. The lowest BCUT2D eigenvalue weighted by atomic mass is 10.1. The standard InChI is InChI=1S/C27H41N7O3/c1-6-24(25-29-30-31-34(25)27(3,4)5)33(12-8-11-32-13-15-36-16-14-32)19-21-17-20-18-22(37-7-2)9-10-23(20)28-26(21)35/h9-10,17-18,24H,6-8,11-16,19H2,1-5H3,(H,28,35)/t24-/m0/s1. The van der Waals surface area contributed by atoms with Crippen molar-refractivity contribution in [3.05, 3.63) is 46.0 Å². The number of nitrogens with zero attached hydrogens (tertiary/aromatic N) is 6. The summed E-state index contributed by atoms with van der Waals surface area (Å²) in [6.07, 6.45) is 1.81. The average molecular weight is 512 g/mol. The number of aromatic amines is 1. The van der Waals surface area contributed by atoms with Gasteiger partial charge in [0.25, 0.3) is 5.56 Å². The molecule has 10 nitrogen and oxygen atoms in total. The Kier molecular flexibility index (Phi) is 8.94. The summed E-state index contributed by atoms with van der Waals surface area (Å²) >= 11 is 0. The predicted molar refractivity (Wildman–Crippen MR) is 144 cm³/mol. The number of hydrogen-bond donors (Lipinski definition) is 1. The maximum absolute atomic E-state index is 13.1. The van der Waals surface area contributed by atoms with Gasteiger partial charge in [0, 0.05) is 42.6 Å². The van der Waals surface area contributed by atoms with Crippen molar-refractivity contribution in [2.24, 2.45) is 0 Å². The van der Waals surface area contributed by atoms with Gasteiger partial charge in [0.05, 0.1) is 31.4 Å². The number of hydrogen-bond acceptors (Lipinski definition) is 8. The first kappa shape index (κ1) is 27.2. The van der Waals surface area contributed by atoms with Crippen LogP contribution in [0, 0.1) is 0 Å². The van der Waals surface area contributed by atoms with E-state index in [-0.39, 0.29) is 17.1 Å². The van der Waals surface area contributed by atoms with Gasteiger partial charge in [-0.3, -0.25) is 14.6 Å². The number of H-pyrrole nitrogens is 1. The summed E-state index contributed by atoms with van der Waals surface area (Å²) in [7, 11) is 0. The summed E-state index contributed by atoms with van der Waals surface area (Å²) in [6.45, 7) is 16.9. The van der Waals surface area contributed by atoms with Gasteiger partial charge in [0.1, 0.15) is 5.75 Å². The van der Waals surface area contributed by atoms with Gasteiger partial charge in [-0.2, -0.15) is 0 Å². The molecule has 1 aromatic carbocycles. The molecule has 0 bridgehead atoms. The molecule has 37 heavy (non-hydrogen) atoms. The Hall–Kier alpha value is -2.82. The first-order chi connectivity index (χ1) is 17.8. The lowest BCUT2D eigenvalue weighted by molar-refractivity contribution is 0.0348. The quantitative estimate of drug-likeness (QED) is 0.418. The summed E-state index contributed by atoms with van der Waals surface area (Å²) in [4.78, 5) is 21.0. The van der Waals surface area contributed by atoms with Crippen molar-refractivity contribution in [1.29, 1.82) is 0 Å². The maximum atomic E-state index is 13.1. The van der Waals surface area contributed by atoms with E-state index in [1.807, 2.05) is 35.9 Å². The summed E-state index contributed by atoms with van der Waals surface area (Å²) in [5.41, 5.74) is 1.21. The van der Waals surface area contributed by atoms with Gasteiger partial charge in [0.15, 0.2) is 5.82 Å². The van der Waals surface area contributed by atoms with E-state index in [0.717, 1.165) is 80.3 Å². The van der Waals surface area contributed by atoms with Gasteiger partial charge in [-0.25, -0.2) is 4.68 Å². The topological polar surface area (TPSA) is 101 Å². The summed E-state index contributed by atoms with van der Waals surface area (Å²) in [6, 6.07) is 7.74. The molecule has 0 aliphatic carbocycles. The minimum Gasteiger partial charge on any atom is -0.494 e. The largest absolute Gasteiger partial charge is 0.494 e. The summed E-state index contributed by atoms with van der Waals surface area (Å²) < 4.78 is 13.1. The smallest absolute Gasteiger partial charge is 0.252 e. The number of aromatic nitrogens is 5. The van der Waals surface area contributed by atoms with Gasteiger partial charge >= 0.3 is 0 Å². The molecular formula is C27H41N7O3. The molecule has 1 N–H and O–H groups in total. The lowest BCUT2D eigenvalue weighted by Crippen LogP contribution is -2.39. The second-order valence-electron chi connectivity index (χ2n) is 10.6. The lowest BCUT2D eigenvalue weighted by Gasteiger charge is -2.33. The van der Waals surface area contributed by atoms with Crippen molar-refractivity contribution in [1.82, 2.24) is 35.0 Å². The van der Waals surface area contributed by atoms with Gasteiger partial charge in [-0.15, -0.1) is 5.10 Å². The van der Waals surface area contributed by atoms with Crippen LogP contribution >= 0.6 is 0 Å². The fourth-order valence-electron chi connectivity index (χ4n) is 4.97. The first-order valence-electron chi connectivity index (χ1n) is 13.4. The Bertz CT molecular complexity index is 1210.